The number of ether oxygens (including phenoxy) is 1. The first-order valence-corrected chi connectivity index (χ1v) is 10.2. The van der Waals surface area contributed by atoms with Crippen molar-refractivity contribution in [2.45, 2.75) is 0 Å². The predicted molar refractivity (Wildman–Crippen MR) is 89.7 cm³/mol. The SMILES string of the molecule is C1=CSC(=C2SC3=C(SC(=C4NCCO4)S3)S2)S1. The Morgan fingerprint density at radius 1 is 0.833 bits per heavy atom. The van der Waals surface area contributed by atoms with Gasteiger partial charge in [0, 0.05) is 0 Å². The van der Waals surface area contributed by atoms with Crippen molar-refractivity contribution >= 4 is 70.6 Å². The van der Waals surface area contributed by atoms with E-state index in [4.69, 9.17) is 4.74 Å². The second-order valence-corrected chi connectivity index (χ2v) is 10.7. The highest BCUT2D eigenvalue weighted by Crippen LogP contribution is 2.69. The van der Waals surface area contributed by atoms with Crippen LogP contribution in [-0.2, 0) is 4.74 Å². The number of hydrogen-bond acceptors (Lipinski definition) is 8. The van der Waals surface area contributed by atoms with Crippen LogP contribution in [-0.4, -0.2) is 13.2 Å². The molecule has 4 rings (SSSR count). The molecule has 94 valence electrons. The maximum Gasteiger partial charge on any atom is 0.208 e. The number of thioether (sulfide) groups is 6. The minimum atomic E-state index is 0.791. The number of rotatable bonds is 0. The topological polar surface area (TPSA) is 21.3 Å². The fourth-order valence-electron chi connectivity index (χ4n) is 1.57. The van der Waals surface area contributed by atoms with Gasteiger partial charge in [-0.05, 0) is 10.8 Å². The van der Waals surface area contributed by atoms with E-state index >= 15 is 0 Å². The quantitative estimate of drug-likeness (QED) is 0.658. The second-order valence-electron chi connectivity index (χ2n) is 3.46. The zero-order chi connectivity index (χ0) is 11.9. The van der Waals surface area contributed by atoms with Crippen molar-refractivity contribution < 1.29 is 4.74 Å². The highest BCUT2D eigenvalue weighted by atomic mass is 32.3. The summed E-state index contributed by atoms with van der Waals surface area (Å²) in [6.07, 6.45) is 0. The van der Waals surface area contributed by atoms with E-state index in [9.17, 15) is 0 Å². The molecule has 0 spiro atoms. The molecule has 2 nitrogen and oxygen atoms in total. The van der Waals surface area contributed by atoms with E-state index in [0.717, 1.165) is 19.0 Å². The van der Waals surface area contributed by atoms with Gasteiger partial charge in [0.05, 0.1) is 23.5 Å². The normalized spacial score (nSPS) is 26.2. The molecular formula is C10H7NOS6. The molecule has 0 amide bonds. The van der Waals surface area contributed by atoms with Gasteiger partial charge < -0.3 is 10.1 Å². The summed E-state index contributed by atoms with van der Waals surface area (Å²) >= 11 is 11.2. The molecule has 0 aromatic heterocycles. The van der Waals surface area contributed by atoms with Crippen molar-refractivity contribution in [1.29, 1.82) is 0 Å². The van der Waals surface area contributed by atoms with Crippen LogP contribution in [0.2, 0.25) is 0 Å². The summed E-state index contributed by atoms with van der Waals surface area (Å²) in [6.45, 7) is 1.72. The van der Waals surface area contributed by atoms with Crippen molar-refractivity contribution in [2.24, 2.45) is 0 Å². The van der Waals surface area contributed by atoms with Gasteiger partial charge in [-0.2, -0.15) is 0 Å². The van der Waals surface area contributed by atoms with E-state index in [-0.39, 0.29) is 0 Å². The van der Waals surface area contributed by atoms with Gasteiger partial charge in [0.25, 0.3) is 0 Å². The minimum Gasteiger partial charge on any atom is -0.476 e. The first-order chi connectivity index (χ1) is 8.90. The fraction of sp³-hybridized carbons (Fsp3) is 0.200. The lowest BCUT2D eigenvalue weighted by atomic mass is 10.7. The predicted octanol–water partition coefficient (Wildman–Crippen LogP) is 4.90. The zero-order valence-corrected chi connectivity index (χ0v) is 13.8. The summed E-state index contributed by atoms with van der Waals surface area (Å²) in [6, 6.07) is 0. The maximum atomic E-state index is 5.58. The Morgan fingerprint density at radius 3 is 2.06 bits per heavy atom. The van der Waals surface area contributed by atoms with Gasteiger partial charge in [-0.3, -0.25) is 0 Å². The van der Waals surface area contributed by atoms with Gasteiger partial charge in [-0.25, -0.2) is 0 Å². The summed E-state index contributed by atoms with van der Waals surface area (Å²) in [5.74, 6) is 0.973. The van der Waals surface area contributed by atoms with Crippen LogP contribution in [0.25, 0.3) is 0 Å². The Bertz CT molecular complexity index is 470. The van der Waals surface area contributed by atoms with Gasteiger partial charge >= 0.3 is 0 Å². The van der Waals surface area contributed by atoms with Crippen LogP contribution in [0.3, 0.4) is 0 Å². The lowest BCUT2D eigenvalue weighted by Gasteiger charge is -2.06. The van der Waals surface area contributed by atoms with Crippen LogP contribution in [0.4, 0.5) is 0 Å². The molecule has 0 aromatic carbocycles. The third-order valence-corrected chi connectivity index (χ3v) is 10.5. The zero-order valence-electron chi connectivity index (χ0n) is 8.93. The van der Waals surface area contributed by atoms with Crippen LogP contribution in [0, 0.1) is 0 Å². The average Bonchev–Trinajstić information content (AvgIpc) is 3.13. The lowest BCUT2D eigenvalue weighted by molar-refractivity contribution is 0.266. The van der Waals surface area contributed by atoms with Crippen LogP contribution < -0.4 is 5.32 Å². The summed E-state index contributed by atoms with van der Waals surface area (Å²) in [5, 5.41) is 7.60. The van der Waals surface area contributed by atoms with Gasteiger partial charge in [-0.1, -0.05) is 70.6 Å². The molecule has 0 saturated carbocycles. The van der Waals surface area contributed by atoms with E-state index in [2.05, 4.69) is 16.1 Å². The molecule has 18 heavy (non-hydrogen) atoms. The van der Waals surface area contributed by atoms with E-state index in [1.165, 1.54) is 21.2 Å². The molecule has 4 aliphatic rings. The van der Waals surface area contributed by atoms with Gasteiger partial charge in [-0.15, -0.1) is 0 Å². The van der Waals surface area contributed by atoms with E-state index in [1.54, 1.807) is 0 Å². The first-order valence-electron chi connectivity index (χ1n) is 5.19. The van der Waals surface area contributed by atoms with Gasteiger partial charge in [0.2, 0.25) is 5.88 Å². The lowest BCUT2D eigenvalue weighted by Crippen LogP contribution is -2.05. The average molecular weight is 350 g/mol. The summed E-state index contributed by atoms with van der Waals surface area (Å²) in [7, 11) is 0. The molecule has 4 aliphatic heterocycles. The Morgan fingerprint density at radius 2 is 1.44 bits per heavy atom. The van der Waals surface area contributed by atoms with E-state index in [0.29, 0.717) is 0 Å². The van der Waals surface area contributed by atoms with Crippen LogP contribution >= 0.6 is 70.6 Å². The molecule has 4 heterocycles. The van der Waals surface area contributed by atoms with Crippen LogP contribution in [0.5, 0.6) is 0 Å². The number of nitrogens with one attached hydrogen (secondary N) is 1. The maximum absolute atomic E-state index is 5.58. The Kier molecular flexibility index (Phi) is 3.59. The van der Waals surface area contributed by atoms with E-state index in [1.807, 2.05) is 70.6 Å². The number of hydrogen-bond donors (Lipinski definition) is 1. The summed E-state index contributed by atoms with van der Waals surface area (Å²) < 4.78 is 12.5. The standard InChI is InChI=1S/C10H7NOS6/c1-2-12-5(11-1)6-15-9-10(16-6)18-8(17-9)7-13-3-4-14-7/h3-4,11H,1-2H2. The van der Waals surface area contributed by atoms with Gasteiger partial charge in [0.15, 0.2) is 0 Å². The molecule has 0 radical (unpaired) electrons. The van der Waals surface area contributed by atoms with Crippen molar-refractivity contribution in [2.75, 3.05) is 13.2 Å². The largest absolute Gasteiger partial charge is 0.476 e. The monoisotopic (exact) mass is 349 g/mol. The molecule has 0 aliphatic carbocycles. The summed E-state index contributed by atoms with van der Waals surface area (Å²) in [5.41, 5.74) is 0. The van der Waals surface area contributed by atoms with Crippen molar-refractivity contribution in [3.05, 3.63) is 37.9 Å². The third kappa shape index (κ3) is 2.25. The molecule has 0 atom stereocenters. The molecular weight excluding hydrogens is 343 g/mol. The first kappa shape index (κ1) is 12.4. The highest BCUT2D eigenvalue weighted by molar-refractivity contribution is 8.49. The molecule has 0 unspecified atom stereocenters. The molecule has 0 aromatic rings. The molecule has 1 fully saturated rings. The third-order valence-electron chi connectivity index (χ3n) is 2.30. The minimum absolute atomic E-state index is 0.791. The van der Waals surface area contributed by atoms with E-state index < -0.39 is 0 Å². The Labute approximate surface area is 131 Å². The molecule has 1 saturated heterocycles. The highest BCUT2D eigenvalue weighted by Gasteiger charge is 2.34. The van der Waals surface area contributed by atoms with Crippen LogP contribution in [0.1, 0.15) is 0 Å². The van der Waals surface area contributed by atoms with Gasteiger partial charge in [0.1, 0.15) is 10.8 Å². The van der Waals surface area contributed by atoms with Crippen LogP contribution in [0.15, 0.2) is 37.9 Å². The second kappa shape index (κ2) is 5.21. The molecule has 0 bridgehead atoms. The van der Waals surface area contributed by atoms with Crippen molar-refractivity contribution in [3.8, 4) is 0 Å². The van der Waals surface area contributed by atoms with Crippen molar-refractivity contribution in [3.63, 3.8) is 0 Å². The smallest absolute Gasteiger partial charge is 0.208 e. The molecule has 8 heteroatoms. The fourth-order valence-corrected chi connectivity index (χ4v) is 10.0. The Balaban J connectivity index is 1.51. The Hall–Kier alpha value is 0.660. The summed E-state index contributed by atoms with van der Waals surface area (Å²) in [4.78, 5) is 0. The molecule has 1 N–H and O–H groups in total. The van der Waals surface area contributed by atoms with Crippen molar-refractivity contribution in [1.82, 2.24) is 5.32 Å².